The summed E-state index contributed by atoms with van der Waals surface area (Å²) in [5.41, 5.74) is 1.82. The van der Waals surface area contributed by atoms with E-state index in [0.29, 0.717) is 23.5 Å². The summed E-state index contributed by atoms with van der Waals surface area (Å²) in [6.45, 7) is 0.0392. The smallest absolute Gasteiger partial charge is 0.333 e. The van der Waals surface area contributed by atoms with Crippen molar-refractivity contribution in [1.82, 2.24) is 25.0 Å². The Labute approximate surface area is 197 Å². The van der Waals surface area contributed by atoms with Gasteiger partial charge in [-0.3, -0.25) is 4.18 Å². The number of nitrogens with two attached hydrogens (primary N) is 1. The van der Waals surface area contributed by atoms with E-state index in [-0.39, 0.29) is 19.6 Å². The molecule has 1 aliphatic carbocycles. The van der Waals surface area contributed by atoms with Crippen LogP contribution in [0.4, 0.5) is 5.82 Å². The maximum Gasteiger partial charge on any atom is 0.333 e. The van der Waals surface area contributed by atoms with E-state index in [1.807, 2.05) is 24.3 Å². The minimum Gasteiger partial charge on any atom is -0.388 e. The predicted octanol–water partition coefficient (Wildman–Crippen LogP) is -0.132. The van der Waals surface area contributed by atoms with E-state index < -0.39 is 34.7 Å². The number of ether oxygens (including phenoxy) is 1. The molecule has 178 valence electrons. The first kappa shape index (κ1) is 23.9. The van der Waals surface area contributed by atoms with E-state index in [0.717, 1.165) is 10.0 Å². The average molecular weight is 544 g/mol. The monoisotopic (exact) mass is 543 g/mol. The molecule has 13 nitrogen and oxygen atoms in total. The first-order valence-corrected chi connectivity index (χ1v) is 12.2. The molecule has 1 aliphatic rings. The first-order valence-electron chi connectivity index (χ1n) is 9.92. The Hall–Kier alpha value is -2.27. The van der Waals surface area contributed by atoms with Crippen molar-refractivity contribution in [2.75, 3.05) is 18.5 Å². The van der Waals surface area contributed by atoms with Crippen LogP contribution >= 0.6 is 15.9 Å². The highest BCUT2D eigenvalue weighted by atomic mass is 79.9. The summed E-state index contributed by atoms with van der Waals surface area (Å²) in [6.07, 6.45) is -1.65. The molecule has 2 aromatic heterocycles. The molecule has 0 amide bonds. The van der Waals surface area contributed by atoms with Gasteiger partial charge in [-0.1, -0.05) is 39.3 Å². The molecule has 4 atom stereocenters. The minimum atomic E-state index is -4.08. The van der Waals surface area contributed by atoms with Crippen LogP contribution in [0.3, 0.4) is 0 Å². The molecule has 2 heterocycles. The molecular formula is C18H22BrN7O6S. The summed E-state index contributed by atoms with van der Waals surface area (Å²) in [5.74, 6) is 0.475. The number of aromatic nitrogens is 5. The van der Waals surface area contributed by atoms with Crippen LogP contribution in [0.15, 0.2) is 35.1 Å². The zero-order valence-corrected chi connectivity index (χ0v) is 19.6. The summed E-state index contributed by atoms with van der Waals surface area (Å²) < 4.78 is 33.9. The van der Waals surface area contributed by atoms with Crippen LogP contribution < -0.4 is 10.5 Å². The summed E-state index contributed by atoms with van der Waals surface area (Å²) in [6, 6.07) is 7.10. The van der Waals surface area contributed by atoms with Crippen molar-refractivity contribution in [3.63, 3.8) is 0 Å². The Bertz CT molecular complexity index is 1230. The molecule has 5 N–H and O–H groups in total. The van der Waals surface area contributed by atoms with Crippen molar-refractivity contribution in [2.24, 2.45) is 5.14 Å². The first-order chi connectivity index (χ1) is 15.7. The fourth-order valence-electron chi connectivity index (χ4n) is 3.66. The molecule has 0 radical (unpaired) electrons. The molecule has 0 unspecified atom stereocenters. The highest BCUT2D eigenvalue weighted by molar-refractivity contribution is 9.10. The van der Waals surface area contributed by atoms with Gasteiger partial charge in [0.25, 0.3) is 0 Å². The average Bonchev–Trinajstić information content (AvgIpc) is 3.32. The standard InChI is InChI=1S/C18H22BrN7O6S/c19-11-4-2-1-3-10(11)8-21-17-14-18(23-9-22-17)26(25-24-14)12-7-13(16(28)15(12)27)31-5-6-32-33(20,29)30/h1-4,9,12-13,15-16,27-28H,5-8H2,(H2,20,29,30)(H,21,22,23)/t12-,13+,15+,16-/m0/s1. The number of anilines is 1. The van der Waals surface area contributed by atoms with Crippen LogP contribution in [-0.2, 0) is 25.8 Å². The molecule has 33 heavy (non-hydrogen) atoms. The van der Waals surface area contributed by atoms with Crippen LogP contribution in [0.1, 0.15) is 18.0 Å². The summed E-state index contributed by atoms with van der Waals surface area (Å²) in [5, 5.41) is 37.2. The van der Waals surface area contributed by atoms with Crippen molar-refractivity contribution in [1.29, 1.82) is 0 Å². The molecule has 0 bridgehead atoms. The van der Waals surface area contributed by atoms with Crippen LogP contribution in [0.2, 0.25) is 0 Å². The normalized spacial score (nSPS) is 23.3. The third-order valence-corrected chi connectivity index (χ3v) is 6.51. The summed E-state index contributed by atoms with van der Waals surface area (Å²) in [4.78, 5) is 8.50. The van der Waals surface area contributed by atoms with Crippen molar-refractivity contribution in [3.05, 3.63) is 40.6 Å². The van der Waals surface area contributed by atoms with Gasteiger partial charge >= 0.3 is 10.3 Å². The Morgan fingerprint density at radius 3 is 2.76 bits per heavy atom. The molecule has 1 fully saturated rings. The maximum atomic E-state index is 10.8. The number of rotatable bonds is 9. The Morgan fingerprint density at radius 2 is 2.00 bits per heavy atom. The summed E-state index contributed by atoms with van der Waals surface area (Å²) in [7, 11) is -4.08. The number of nitrogens with one attached hydrogen (secondary N) is 1. The maximum absolute atomic E-state index is 10.8. The quantitative estimate of drug-likeness (QED) is 0.263. The van der Waals surface area contributed by atoms with Crippen molar-refractivity contribution < 1.29 is 27.6 Å². The number of fused-ring (bicyclic) bond motifs is 1. The number of hydrogen-bond donors (Lipinski definition) is 4. The third-order valence-electron chi connectivity index (χ3n) is 5.24. The zero-order chi connectivity index (χ0) is 23.6. The van der Waals surface area contributed by atoms with Crippen molar-refractivity contribution >= 4 is 43.2 Å². The second-order valence-corrected chi connectivity index (χ2v) is 9.46. The topological polar surface area (TPSA) is 188 Å². The molecule has 1 aromatic carbocycles. The lowest BCUT2D eigenvalue weighted by atomic mass is 10.2. The minimum absolute atomic E-state index is 0.138. The molecule has 0 aliphatic heterocycles. The molecule has 0 saturated heterocycles. The fourth-order valence-corrected chi connectivity index (χ4v) is 4.39. The summed E-state index contributed by atoms with van der Waals surface area (Å²) >= 11 is 3.51. The lowest BCUT2D eigenvalue weighted by Crippen LogP contribution is -2.33. The largest absolute Gasteiger partial charge is 0.388 e. The van der Waals surface area contributed by atoms with E-state index in [9.17, 15) is 18.6 Å². The highest BCUT2D eigenvalue weighted by Crippen LogP contribution is 2.34. The van der Waals surface area contributed by atoms with Crippen LogP contribution in [0.5, 0.6) is 0 Å². The highest BCUT2D eigenvalue weighted by Gasteiger charge is 2.44. The Balaban J connectivity index is 1.47. The number of nitrogens with zero attached hydrogens (tertiary/aromatic N) is 5. The van der Waals surface area contributed by atoms with E-state index in [2.05, 4.69) is 45.7 Å². The van der Waals surface area contributed by atoms with Gasteiger partial charge in [0.15, 0.2) is 17.0 Å². The van der Waals surface area contributed by atoms with Gasteiger partial charge in [-0.05, 0) is 11.6 Å². The number of aliphatic hydroxyl groups excluding tert-OH is 2. The SMILES string of the molecule is NS(=O)(=O)OCCO[C@@H]1C[C@H](n2nnc3c(NCc4ccccc4Br)ncnc32)[C@@H](O)[C@H]1O. The molecule has 3 aromatic rings. The van der Waals surface area contributed by atoms with Crippen molar-refractivity contribution in [3.8, 4) is 0 Å². The molecule has 4 rings (SSSR count). The van der Waals surface area contributed by atoms with Gasteiger partial charge < -0.3 is 20.3 Å². The number of halogens is 1. The van der Waals surface area contributed by atoms with Crippen molar-refractivity contribution in [2.45, 2.75) is 37.3 Å². The van der Waals surface area contributed by atoms with Crippen LogP contribution in [0, 0.1) is 0 Å². The van der Waals surface area contributed by atoms with Crippen LogP contribution in [-0.4, -0.2) is 75.1 Å². The molecule has 1 saturated carbocycles. The van der Waals surface area contributed by atoms with Gasteiger partial charge in [-0.15, -0.1) is 5.10 Å². The number of hydrogen-bond acceptors (Lipinski definition) is 11. The Kier molecular flexibility index (Phi) is 7.18. The van der Waals surface area contributed by atoms with E-state index in [1.165, 1.54) is 11.0 Å². The van der Waals surface area contributed by atoms with E-state index in [4.69, 9.17) is 9.88 Å². The van der Waals surface area contributed by atoms with Gasteiger partial charge in [-0.2, -0.15) is 8.42 Å². The molecule has 0 spiro atoms. The lowest BCUT2D eigenvalue weighted by molar-refractivity contribution is -0.0612. The number of benzene rings is 1. The third kappa shape index (κ3) is 5.46. The fraction of sp³-hybridized carbons (Fsp3) is 0.444. The van der Waals surface area contributed by atoms with Gasteiger partial charge in [0, 0.05) is 17.4 Å². The molecular weight excluding hydrogens is 522 g/mol. The van der Waals surface area contributed by atoms with Gasteiger partial charge in [0.05, 0.1) is 25.4 Å². The molecule has 15 heteroatoms. The predicted molar refractivity (Wildman–Crippen MR) is 119 cm³/mol. The second-order valence-electron chi connectivity index (χ2n) is 7.38. The lowest BCUT2D eigenvalue weighted by Gasteiger charge is -2.17. The van der Waals surface area contributed by atoms with E-state index in [1.54, 1.807) is 0 Å². The van der Waals surface area contributed by atoms with Crippen LogP contribution in [0.25, 0.3) is 11.2 Å². The zero-order valence-electron chi connectivity index (χ0n) is 17.2. The van der Waals surface area contributed by atoms with Gasteiger partial charge in [-0.25, -0.2) is 19.8 Å². The van der Waals surface area contributed by atoms with Gasteiger partial charge in [0.2, 0.25) is 0 Å². The van der Waals surface area contributed by atoms with Gasteiger partial charge in [0.1, 0.15) is 18.5 Å². The Morgan fingerprint density at radius 1 is 1.21 bits per heavy atom. The van der Waals surface area contributed by atoms with E-state index >= 15 is 0 Å². The number of aliphatic hydroxyl groups is 2. The second kappa shape index (κ2) is 9.92.